The summed E-state index contributed by atoms with van der Waals surface area (Å²) in [6.45, 7) is 4.54. The van der Waals surface area contributed by atoms with Crippen molar-refractivity contribution in [1.29, 1.82) is 0 Å². The van der Waals surface area contributed by atoms with E-state index >= 15 is 0 Å². The number of rotatable bonds is 1. The van der Waals surface area contributed by atoms with E-state index < -0.39 is 0 Å². The van der Waals surface area contributed by atoms with Crippen molar-refractivity contribution in [3.8, 4) is 0 Å². The number of halogens is 1. The second-order valence-electron chi connectivity index (χ2n) is 5.51. The van der Waals surface area contributed by atoms with Gasteiger partial charge in [0.15, 0.2) is 0 Å². The molecule has 1 heterocycles. The molecule has 1 saturated heterocycles. The maximum absolute atomic E-state index is 3.79. The molecular weight excluding hydrogens is 286 g/mol. The molecule has 1 aromatic rings. The molecule has 1 N–H and O–H groups in total. The minimum atomic E-state index is 0.391. The molecule has 3 rings (SSSR count). The zero-order valence-corrected chi connectivity index (χ0v) is 12.5. The summed E-state index contributed by atoms with van der Waals surface area (Å²) in [6.07, 6.45) is 7.32. The zero-order chi connectivity index (χ0) is 12.6. The lowest BCUT2D eigenvalue weighted by molar-refractivity contribution is 0.321. The number of fused-ring (bicyclic) bond motifs is 2. The molecule has 2 heteroatoms. The highest BCUT2D eigenvalue weighted by Crippen LogP contribution is 2.52. The maximum Gasteiger partial charge on any atom is 0.0219 e. The van der Waals surface area contributed by atoms with E-state index in [0.29, 0.717) is 5.41 Å². The van der Waals surface area contributed by atoms with Crippen molar-refractivity contribution in [1.82, 2.24) is 5.32 Å². The van der Waals surface area contributed by atoms with Crippen LogP contribution in [0.25, 0.3) is 5.57 Å². The van der Waals surface area contributed by atoms with Crippen LogP contribution >= 0.6 is 15.9 Å². The zero-order valence-electron chi connectivity index (χ0n) is 10.9. The van der Waals surface area contributed by atoms with Crippen molar-refractivity contribution in [2.75, 3.05) is 13.1 Å². The van der Waals surface area contributed by atoms with Crippen LogP contribution in [-0.2, 0) is 5.41 Å². The van der Waals surface area contributed by atoms with E-state index in [1.165, 1.54) is 29.3 Å². The summed E-state index contributed by atoms with van der Waals surface area (Å²) in [5.74, 6) is 0. The van der Waals surface area contributed by atoms with Crippen molar-refractivity contribution < 1.29 is 0 Å². The Hall–Kier alpha value is -0.600. The van der Waals surface area contributed by atoms with E-state index in [9.17, 15) is 0 Å². The van der Waals surface area contributed by atoms with Crippen LogP contribution in [0.15, 0.2) is 28.7 Å². The van der Waals surface area contributed by atoms with Crippen LogP contribution in [-0.4, -0.2) is 13.1 Å². The second kappa shape index (κ2) is 4.82. The van der Waals surface area contributed by atoms with Gasteiger partial charge in [-0.15, -0.1) is 0 Å². The number of benzene rings is 1. The lowest BCUT2D eigenvalue weighted by atomic mass is 9.74. The second-order valence-corrected chi connectivity index (χ2v) is 6.36. The lowest BCUT2D eigenvalue weighted by Crippen LogP contribution is -2.38. The van der Waals surface area contributed by atoms with Gasteiger partial charge in [0.2, 0.25) is 0 Å². The summed E-state index contributed by atoms with van der Waals surface area (Å²) < 4.78 is 1.31. The van der Waals surface area contributed by atoms with Crippen LogP contribution in [0, 0.1) is 0 Å². The van der Waals surface area contributed by atoms with E-state index in [4.69, 9.17) is 0 Å². The number of hydrogen-bond acceptors (Lipinski definition) is 1. The van der Waals surface area contributed by atoms with Crippen LogP contribution < -0.4 is 5.32 Å². The first-order chi connectivity index (χ1) is 8.77. The van der Waals surface area contributed by atoms with Gasteiger partial charge in [-0.1, -0.05) is 41.1 Å². The maximum atomic E-state index is 3.79. The summed E-state index contributed by atoms with van der Waals surface area (Å²) in [4.78, 5) is 0. The third-order valence-electron chi connectivity index (χ3n) is 4.43. The van der Waals surface area contributed by atoms with Gasteiger partial charge in [0, 0.05) is 9.89 Å². The van der Waals surface area contributed by atoms with E-state index in [-0.39, 0.29) is 0 Å². The van der Waals surface area contributed by atoms with Gasteiger partial charge >= 0.3 is 0 Å². The molecule has 1 aromatic carbocycles. The van der Waals surface area contributed by atoms with E-state index in [1.54, 1.807) is 11.1 Å². The predicted octanol–water partition coefficient (Wildman–Crippen LogP) is 4.27. The quantitative estimate of drug-likeness (QED) is 0.817. The first-order valence-electron chi connectivity index (χ1n) is 6.96. The number of nitrogens with one attached hydrogen (secondary N) is 1. The van der Waals surface area contributed by atoms with Gasteiger partial charge in [0.25, 0.3) is 0 Å². The Morgan fingerprint density at radius 1 is 1.33 bits per heavy atom. The lowest BCUT2D eigenvalue weighted by Gasteiger charge is -2.35. The van der Waals surface area contributed by atoms with Gasteiger partial charge < -0.3 is 5.32 Å². The Bertz CT molecular complexity index is 484. The highest BCUT2D eigenvalue weighted by atomic mass is 79.9. The fraction of sp³-hybridized carbons (Fsp3) is 0.500. The van der Waals surface area contributed by atoms with Crippen molar-refractivity contribution in [3.05, 3.63) is 39.9 Å². The molecule has 0 atom stereocenters. The number of piperidine rings is 1. The molecule has 1 nitrogen and oxygen atoms in total. The minimum absolute atomic E-state index is 0.391. The monoisotopic (exact) mass is 305 g/mol. The summed E-state index contributed by atoms with van der Waals surface area (Å²) in [6, 6.07) is 6.68. The Morgan fingerprint density at radius 3 is 2.83 bits per heavy atom. The normalized spacial score (nSPS) is 23.6. The van der Waals surface area contributed by atoms with Gasteiger partial charge in [-0.3, -0.25) is 0 Å². The SMILES string of the molecule is CC/C=C1/CC2(CCNCC2)c2c(Br)cccc21. The van der Waals surface area contributed by atoms with E-state index in [0.717, 1.165) is 19.5 Å². The van der Waals surface area contributed by atoms with Crippen molar-refractivity contribution in [2.24, 2.45) is 0 Å². The molecular formula is C16H20BrN. The number of hydrogen-bond donors (Lipinski definition) is 1. The predicted molar refractivity (Wildman–Crippen MR) is 80.8 cm³/mol. The van der Waals surface area contributed by atoms with Gasteiger partial charge in [0.05, 0.1) is 0 Å². The van der Waals surface area contributed by atoms with Crippen molar-refractivity contribution >= 4 is 21.5 Å². The van der Waals surface area contributed by atoms with Crippen LogP contribution in [0.1, 0.15) is 43.7 Å². The van der Waals surface area contributed by atoms with Crippen molar-refractivity contribution in [3.63, 3.8) is 0 Å². The molecule has 1 aliphatic carbocycles. The molecule has 18 heavy (non-hydrogen) atoms. The minimum Gasteiger partial charge on any atom is -0.317 e. The standard InChI is InChI=1S/C16H20BrN/c1-2-4-12-11-16(7-9-18-10-8-16)15-13(12)5-3-6-14(15)17/h3-6,18H,2,7-11H2,1H3/b12-4-. The summed E-state index contributed by atoms with van der Waals surface area (Å²) in [5.41, 5.74) is 5.02. The summed E-state index contributed by atoms with van der Waals surface area (Å²) in [7, 11) is 0. The average Bonchev–Trinajstić information content (AvgIpc) is 2.67. The third-order valence-corrected chi connectivity index (χ3v) is 5.09. The molecule has 0 unspecified atom stereocenters. The molecule has 1 aliphatic heterocycles. The van der Waals surface area contributed by atoms with Gasteiger partial charge in [-0.05, 0) is 61.5 Å². The molecule has 96 valence electrons. The topological polar surface area (TPSA) is 12.0 Å². The number of allylic oxidation sites excluding steroid dienone is 2. The molecule has 0 amide bonds. The fourth-order valence-electron chi connectivity index (χ4n) is 3.64. The summed E-state index contributed by atoms with van der Waals surface area (Å²) >= 11 is 3.79. The smallest absolute Gasteiger partial charge is 0.0219 e. The fourth-order valence-corrected chi connectivity index (χ4v) is 4.43. The van der Waals surface area contributed by atoms with Gasteiger partial charge in [-0.2, -0.15) is 0 Å². The molecule has 2 aliphatic rings. The Kier molecular flexibility index (Phi) is 3.33. The first-order valence-corrected chi connectivity index (χ1v) is 7.75. The molecule has 0 aromatic heterocycles. The Labute approximate surface area is 118 Å². The van der Waals surface area contributed by atoms with Crippen LogP contribution in [0.2, 0.25) is 0 Å². The van der Waals surface area contributed by atoms with Crippen LogP contribution in [0.4, 0.5) is 0 Å². The van der Waals surface area contributed by atoms with Gasteiger partial charge in [0.1, 0.15) is 0 Å². The Morgan fingerprint density at radius 2 is 2.11 bits per heavy atom. The molecule has 0 bridgehead atoms. The molecule has 0 saturated carbocycles. The average molecular weight is 306 g/mol. The van der Waals surface area contributed by atoms with Crippen molar-refractivity contribution in [2.45, 2.75) is 38.0 Å². The highest BCUT2D eigenvalue weighted by Gasteiger charge is 2.42. The first kappa shape index (κ1) is 12.4. The van der Waals surface area contributed by atoms with E-state index in [2.05, 4.69) is 52.4 Å². The summed E-state index contributed by atoms with van der Waals surface area (Å²) in [5, 5.41) is 3.50. The molecule has 1 fully saturated rings. The highest BCUT2D eigenvalue weighted by molar-refractivity contribution is 9.10. The largest absolute Gasteiger partial charge is 0.317 e. The Balaban J connectivity index is 2.14. The third kappa shape index (κ3) is 1.86. The van der Waals surface area contributed by atoms with E-state index in [1.807, 2.05) is 0 Å². The van der Waals surface area contributed by atoms with Crippen LogP contribution in [0.3, 0.4) is 0 Å². The molecule has 1 spiro atoms. The van der Waals surface area contributed by atoms with Crippen LogP contribution in [0.5, 0.6) is 0 Å². The molecule has 0 radical (unpaired) electrons. The van der Waals surface area contributed by atoms with Gasteiger partial charge in [-0.25, -0.2) is 0 Å².